The monoisotopic (exact) mass is 423 g/mol. The summed E-state index contributed by atoms with van der Waals surface area (Å²) in [6, 6.07) is 21.5. The molecule has 0 saturated carbocycles. The summed E-state index contributed by atoms with van der Waals surface area (Å²) in [7, 11) is 3.21. The van der Waals surface area contributed by atoms with Gasteiger partial charge in [0.25, 0.3) is 0 Å². The molecule has 0 amide bonds. The summed E-state index contributed by atoms with van der Waals surface area (Å²) in [6.45, 7) is 0.529. The van der Waals surface area contributed by atoms with Crippen molar-refractivity contribution in [3.63, 3.8) is 0 Å². The van der Waals surface area contributed by atoms with E-state index >= 15 is 0 Å². The molecule has 1 heterocycles. The Morgan fingerprint density at radius 3 is 2.30 bits per heavy atom. The molecule has 3 aromatic carbocycles. The number of anilines is 2. The van der Waals surface area contributed by atoms with Crippen molar-refractivity contribution in [3.05, 3.63) is 78.6 Å². The van der Waals surface area contributed by atoms with Gasteiger partial charge in [0.2, 0.25) is 0 Å². The summed E-state index contributed by atoms with van der Waals surface area (Å²) >= 11 is 0. The van der Waals surface area contributed by atoms with E-state index < -0.39 is 0 Å². The standard InChI is InChI=1S/C23H21N3O3.ClH/c1-27-20-13-12-19-21(22(20)28-2)23(25-15-24-19)26-17-8-10-18(11-9-17)29-14-16-6-4-3-5-7-16;/h3-13,15H,14H2,1-2H3,(H,24,25,26);1H. The number of rotatable bonds is 7. The summed E-state index contributed by atoms with van der Waals surface area (Å²) in [6.07, 6.45) is 1.52. The average molecular weight is 424 g/mol. The molecule has 6 nitrogen and oxygen atoms in total. The van der Waals surface area contributed by atoms with Crippen LogP contribution in [0.2, 0.25) is 0 Å². The van der Waals surface area contributed by atoms with Gasteiger partial charge in [-0.1, -0.05) is 30.3 Å². The van der Waals surface area contributed by atoms with Crippen LogP contribution in [0.1, 0.15) is 5.56 Å². The smallest absolute Gasteiger partial charge is 0.173 e. The van der Waals surface area contributed by atoms with Crippen LogP contribution in [0.25, 0.3) is 10.9 Å². The van der Waals surface area contributed by atoms with E-state index in [1.807, 2.05) is 66.7 Å². The molecule has 7 heteroatoms. The van der Waals surface area contributed by atoms with Gasteiger partial charge < -0.3 is 19.5 Å². The fraction of sp³-hybridized carbons (Fsp3) is 0.130. The van der Waals surface area contributed by atoms with E-state index in [1.54, 1.807) is 14.2 Å². The highest BCUT2D eigenvalue weighted by atomic mass is 35.5. The molecule has 30 heavy (non-hydrogen) atoms. The molecule has 4 rings (SSSR count). The Morgan fingerprint density at radius 2 is 1.60 bits per heavy atom. The first kappa shape index (κ1) is 21.2. The van der Waals surface area contributed by atoms with E-state index in [9.17, 15) is 0 Å². The fourth-order valence-corrected chi connectivity index (χ4v) is 3.07. The van der Waals surface area contributed by atoms with Crippen molar-refractivity contribution < 1.29 is 14.2 Å². The predicted octanol–water partition coefficient (Wildman–Crippen LogP) is 5.39. The summed E-state index contributed by atoms with van der Waals surface area (Å²) in [4.78, 5) is 8.72. The topological polar surface area (TPSA) is 65.5 Å². The van der Waals surface area contributed by atoms with Crippen molar-refractivity contribution >= 4 is 34.8 Å². The van der Waals surface area contributed by atoms with Crippen molar-refractivity contribution in [1.82, 2.24) is 9.97 Å². The molecule has 0 spiro atoms. The second kappa shape index (κ2) is 9.80. The van der Waals surface area contributed by atoms with Gasteiger partial charge in [0.1, 0.15) is 24.5 Å². The molecule has 0 aliphatic heterocycles. The molecular formula is C23H22ClN3O3. The first-order valence-corrected chi connectivity index (χ1v) is 9.18. The van der Waals surface area contributed by atoms with E-state index in [0.29, 0.717) is 23.9 Å². The molecule has 1 aromatic heterocycles. The third-order valence-electron chi connectivity index (χ3n) is 4.51. The number of methoxy groups -OCH3 is 2. The summed E-state index contributed by atoms with van der Waals surface area (Å²) in [5.41, 5.74) is 2.77. The van der Waals surface area contributed by atoms with Gasteiger partial charge in [0.15, 0.2) is 11.5 Å². The van der Waals surface area contributed by atoms with Gasteiger partial charge in [0.05, 0.1) is 25.1 Å². The minimum atomic E-state index is 0. The molecular weight excluding hydrogens is 402 g/mol. The van der Waals surface area contributed by atoms with Gasteiger partial charge in [-0.05, 0) is 42.0 Å². The van der Waals surface area contributed by atoms with Gasteiger partial charge in [-0.15, -0.1) is 12.4 Å². The zero-order chi connectivity index (χ0) is 20.1. The highest BCUT2D eigenvalue weighted by Gasteiger charge is 2.15. The summed E-state index contributed by atoms with van der Waals surface area (Å²) in [5.74, 6) is 2.66. The third kappa shape index (κ3) is 4.55. The lowest BCUT2D eigenvalue weighted by atomic mass is 10.2. The summed E-state index contributed by atoms with van der Waals surface area (Å²) < 4.78 is 16.8. The number of benzene rings is 3. The summed E-state index contributed by atoms with van der Waals surface area (Å²) in [5, 5.41) is 4.09. The van der Waals surface area contributed by atoms with Gasteiger partial charge in [-0.25, -0.2) is 9.97 Å². The Morgan fingerprint density at radius 1 is 0.833 bits per heavy atom. The van der Waals surface area contributed by atoms with Crippen LogP contribution in [0.5, 0.6) is 17.2 Å². The second-order valence-electron chi connectivity index (χ2n) is 6.34. The SMILES string of the molecule is COc1ccc2ncnc(Nc3ccc(OCc4ccccc4)cc3)c2c1OC.Cl. The number of hydrogen-bond donors (Lipinski definition) is 1. The highest BCUT2D eigenvalue weighted by molar-refractivity contribution is 5.97. The molecule has 0 aliphatic rings. The molecule has 1 N–H and O–H groups in total. The number of hydrogen-bond acceptors (Lipinski definition) is 6. The van der Waals surface area contributed by atoms with Crippen molar-refractivity contribution in [3.8, 4) is 17.2 Å². The Hall–Kier alpha value is -3.51. The third-order valence-corrected chi connectivity index (χ3v) is 4.51. The first-order chi connectivity index (χ1) is 14.3. The molecule has 0 aliphatic carbocycles. The van der Waals surface area contributed by atoms with Gasteiger partial charge >= 0.3 is 0 Å². The quantitative estimate of drug-likeness (QED) is 0.430. The van der Waals surface area contributed by atoms with Crippen LogP contribution in [0.15, 0.2) is 73.1 Å². The molecule has 4 aromatic rings. The largest absolute Gasteiger partial charge is 0.493 e. The van der Waals surface area contributed by atoms with Gasteiger partial charge in [0, 0.05) is 5.69 Å². The molecule has 0 unspecified atom stereocenters. The van der Waals surface area contributed by atoms with E-state index in [1.165, 1.54) is 6.33 Å². The first-order valence-electron chi connectivity index (χ1n) is 9.18. The maximum atomic E-state index is 5.84. The van der Waals surface area contributed by atoms with E-state index in [4.69, 9.17) is 14.2 Å². The zero-order valence-corrected chi connectivity index (χ0v) is 17.5. The minimum absolute atomic E-state index is 0. The lowest BCUT2D eigenvalue weighted by Gasteiger charge is -2.14. The fourth-order valence-electron chi connectivity index (χ4n) is 3.07. The van der Waals surface area contributed by atoms with Crippen LogP contribution in [-0.2, 0) is 6.61 Å². The van der Waals surface area contributed by atoms with Crippen LogP contribution in [-0.4, -0.2) is 24.2 Å². The van der Waals surface area contributed by atoms with Crippen molar-refractivity contribution in [2.24, 2.45) is 0 Å². The van der Waals surface area contributed by atoms with Crippen LogP contribution in [0.3, 0.4) is 0 Å². The molecule has 0 fully saturated rings. The van der Waals surface area contributed by atoms with Crippen molar-refractivity contribution in [1.29, 1.82) is 0 Å². The number of fused-ring (bicyclic) bond motifs is 1. The van der Waals surface area contributed by atoms with Gasteiger partial charge in [-0.3, -0.25) is 0 Å². The van der Waals surface area contributed by atoms with Crippen molar-refractivity contribution in [2.75, 3.05) is 19.5 Å². The number of halogens is 1. The maximum absolute atomic E-state index is 5.84. The molecule has 0 radical (unpaired) electrons. The van der Waals surface area contributed by atoms with E-state index in [-0.39, 0.29) is 12.4 Å². The Bertz CT molecular complexity index is 1110. The van der Waals surface area contributed by atoms with Crippen molar-refractivity contribution in [2.45, 2.75) is 6.61 Å². The molecule has 0 saturated heterocycles. The molecule has 0 atom stereocenters. The molecule has 0 bridgehead atoms. The normalized spacial score (nSPS) is 10.2. The Kier molecular flexibility index (Phi) is 6.93. The number of nitrogens with one attached hydrogen (secondary N) is 1. The lowest BCUT2D eigenvalue weighted by Crippen LogP contribution is -2.00. The molecule has 154 valence electrons. The van der Waals surface area contributed by atoms with Crippen LogP contribution < -0.4 is 19.5 Å². The zero-order valence-electron chi connectivity index (χ0n) is 16.7. The number of ether oxygens (including phenoxy) is 3. The lowest BCUT2D eigenvalue weighted by molar-refractivity contribution is 0.306. The average Bonchev–Trinajstić information content (AvgIpc) is 2.78. The Labute approximate surface area is 181 Å². The van der Waals surface area contributed by atoms with Gasteiger partial charge in [-0.2, -0.15) is 0 Å². The van der Waals surface area contributed by atoms with E-state index in [0.717, 1.165) is 27.9 Å². The highest BCUT2D eigenvalue weighted by Crippen LogP contribution is 2.38. The maximum Gasteiger partial charge on any atom is 0.173 e. The minimum Gasteiger partial charge on any atom is -0.493 e. The van der Waals surface area contributed by atoms with Crippen LogP contribution in [0.4, 0.5) is 11.5 Å². The van der Waals surface area contributed by atoms with Crippen LogP contribution >= 0.6 is 12.4 Å². The number of nitrogens with zero attached hydrogens (tertiary/aromatic N) is 2. The second-order valence-corrected chi connectivity index (χ2v) is 6.34. The predicted molar refractivity (Wildman–Crippen MR) is 120 cm³/mol. The Balaban J connectivity index is 0.00000256. The van der Waals surface area contributed by atoms with E-state index in [2.05, 4.69) is 15.3 Å². The van der Waals surface area contributed by atoms with Crippen LogP contribution in [0, 0.1) is 0 Å². The number of aromatic nitrogens is 2.